The molecule has 2 N–H and O–H groups in total. The van der Waals surface area contributed by atoms with Crippen molar-refractivity contribution in [3.63, 3.8) is 0 Å². The predicted molar refractivity (Wildman–Crippen MR) is 54.6 cm³/mol. The summed E-state index contributed by atoms with van der Waals surface area (Å²) in [6.45, 7) is 0. The Balaban J connectivity index is 2.18. The summed E-state index contributed by atoms with van der Waals surface area (Å²) < 4.78 is 31.0. The van der Waals surface area contributed by atoms with Crippen LogP contribution in [0.5, 0.6) is 0 Å². The Morgan fingerprint density at radius 1 is 1.29 bits per heavy atom. The van der Waals surface area contributed by atoms with Crippen LogP contribution in [0.1, 0.15) is 31.4 Å². The Labute approximate surface area is 95.7 Å². The van der Waals surface area contributed by atoms with Gasteiger partial charge in [-0.15, -0.1) is 0 Å². The van der Waals surface area contributed by atoms with Gasteiger partial charge in [-0.3, -0.25) is 10.1 Å². The number of hydrogen-bond acceptors (Lipinski definition) is 4. The lowest BCUT2D eigenvalue weighted by atomic mass is 9.79. The molecule has 0 atom stereocenters. The van der Waals surface area contributed by atoms with Gasteiger partial charge in [-0.25, -0.2) is 8.78 Å². The van der Waals surface area contributed by atoms with Crippen LogP contribution in [0.25, 0.3) is 0 Å². The standard InChI is InChI=1S/C10H12F2N2O3/c11-10(12)5-3-9(13,4-6-10)7-1-2-8(17-7)14(15)16/h1-2H,3-6,13H2. The summed E-state index contributed by atoms with van der Waals surface area (Å²) in [6.07, 6.45) is -0.522. The Morgan fingerprint density at radius 2 is 1.88 bits per heavy atom. The molecule has 94 valence electrons. The molecule has 17 heavy (non-hydrogen) atoms. The maximum atomic E-state index is 13.0. The van der Waals surface area contributed by atoms with Gasteiger partial charge in [0.15, 0.2) is 0 Å². The number of nitro groups is 1. The molecule has 2 rings (SSSR count). The fourth-order valence-electron chi connectivity index (χ4n) is 2.00. The first-order valence-corrected chi connectivity index (χ1v) is 5.24. The molecule has 0 spiro atoms. The van der Waals surface area contributed by atoms with E-state index in [1.165, 1.54) is 12.1 Å². The Hall–Kier alpha value is -1.50. The van der Waals surface area contributed by atoms with E-state index < -0.39 is 22.3 Å². The van der Waals surface area contributed by atoms with E-state index in [9.17, 15) is 18.9 Å². The molecule has 0 aromatic carbocycles. The summed E-state index contributed by atoms with van der Waals surface area (Å²) in [7, 11) is 0. The zero-order valence-electron chi connectivity index (χ0n) is 8.99. The maximum absolute atomic E-state index is 13.0. The molecule has 1 heterocycles. The van der Waals surface area contributed by atoms with Crippen LogP contribution in [0.4, 0.5) is 14.7 Å². The first-order chi connectivity index (χ1) is 7.82. The SMILES string of the molecule is NC1(c2ccc([N+](=O)[O-])o2)CCC(F)(F)CC1. The minimum Gasteiger partial charge on any atom is -0.404 e. The number of nitrogens with zero attached hydrogens (tertiary/aromatic N) is 1. The van der Waals surface area contributed by atoms with Gasteiger partial charge in [0.2, 0.25) is 5.92 Å². The first-order valence-electron chi connectivity index (χ1n) is 5.24. The van der Waals surface area contributed by atoms with Gasteiger partial charge in [-0.05, 0) is 18.9 Å². The highest BCUT2D eigenvalue weighted by atomic mass is 19.3. The van der Waals surface area contributed by atoms with Gasteiger partial charge in [0, 0.05) is 12.8 Å². The number of halogens is 2. The summed E-state index contributed by atoms with van der Waals surface area (Å²) in [5.41, 5.74) is 4.95. The predicted octanol–water partition coefficient (Wildman–Crippen LogP) is 2.55. The molecule has 1 aliphatic rings. The Bertz CT molecular complexity index is 435. The van der Waals surface area contributed by atoms with Crippen molar-refractivity contribution in [2.24, 2.45) is 5.73 Å². The van der Waals surface area contributed by atoms with Crippen molar-refractivity contribution < 1.29 is 18.1 Å². The van der Waals surface area contributed by atoms with Crippen molar-refractivity contribution in [1.29, 1.82) is 0 Å². The second-order valence-electron chi connectivity index (χ2n) is 4.41. The van der Waals surface area contributed by atoms with Crippen LogP contribution in [0.3, 0.4) is 0 Å². The average molecular weight is 246 g/mol. The van der Waals surface area contributed by atoms with Gasteiger partial charge < -0.3 is 10.2 Å². The number of furan rings is 1. The molecule has 1 fully saturated rings. The van der Waals surface area contributed by atoms with Gasteiger partial charge in [0.1, 0.15) is 10.7 Å². The molecule has 0 saturated heterocycles. The summed E-state index contributed by atoms with van der Waals surface area (Å²) in [5, 5.41) is 10.5. The van der Waals surface area contributed by atoms with Gasteiger partial charge in [-0.2, -0.15) is 0 Å². The van der Waals surface area contributed by atoms with Crippen molar-refractivity contribution in [2.45, 2.75) is 37.1 Å². The van der Waals surface area contributed by atoms with Crippen LogP contribution in [-0.4, -0.2) is 10.8 Å². The zero-order chi connectivity index (χ0) is 12.7. The molecule has 5 nitrogen and oxygen atoms in total. The van der Waals surface area contributed by atoms with E-state index in [0.717, 1.165) is 0 Å². The zero-order valence-corrected chi connectivity index (χ0v) is 8.99. The number of hydrogen-bond donors (Lipinski definition) is 1. The average Bonchev–Trinajstić information content (AvgIpc) is 2.73. The van der Waals surface area contributed by atoms with Crippen molar-refractivity contribution in [3.8, 4) is 0 Å². The molecule has 0 unspecified atom stereocenters. The van der Waals surface area contributed by atoms with Crippen LogP contribution in [0.15, 0.2) is 16.5 Å². The van der Waals surface area contributed by atoms with Gasteiger partial charge >= 0.3 is 5.88 Å². The third-order valence-electron chi connectivity index (χ3n) is 3.14. The highest BCUT2D eigenvalue weighted by molar-refractivity contribution is 5.23. The van der Waals surface area contributed by atoms with Crippen LogP contribution in [-0.2, 0) is 5.54 Å². The highest BCUT2D eigenvalue weighted by Gasteiger charge is 2.44. The molecule has 7 heteroatoms. The van der Waals surface area contributed by atoms with E-state index >= 15 is 0 Å². The summed E-state index contributed by atoms with van der Waals surface area (Å²) in [4.78, 5) is 9.78. The number of nitrogens with two attached hydrogens (primary N) is 1. The fourth-order valence-corrected chi connectivity index (χ4v) is 2.00. The largest absolute Gasteiger partial charge is 0.433 e. The number of alkyl halides is 2. The second-order valence-corrected chi connectivity index (χ2v) is 4.41. The topological polar surface area (TPSA) is 82.3 Å². The van der Waals surface area contributed by atoms with Crippen LogP contribution < -0.4 is 5.73 Å². The molecular weight excluding hydrogens is 234 g/mol. The quantitative estimate of drug-likeness (QED) is 0.642. The Kier molecular flexibility index (Phi) is 2.65. The summed E-state index contributed by atoms with van der Waals surface area (Å²) in [5.74, 6) is -2.90. The van der Waals surface area contributed by atoms with Gasteiger partial charge in [0.05, 0.1) is 11.6 Å². The second kappa shape index (κ2) is 3.76. The smallest absolute Gasteiger partial charge is 0.404 e. The maximum Gasteiger partial charge on any atom is 0.433 e. The van der Waals surface area contributed by atoms with E-state index in [0.29, 0.717) is 0 Å². The molecular formula is C10H12F2N2O3. The Morgan fingerprint density at radius 3 is 2.35 bits per heavy atom. The fraction of sp³-hybridized carbons (Fsp3) is 0.600. The van der Waals surface area contributed by atoms with Crippen molar-refractivity contribution in [1.82, 2.24) is 0 Å². The van der Waals surface area contributed by atoms with E-state index in [1.807, 2.05) is 0 Å². The van der Waals surface area contributed by atoms with Gasteiger partial charge in [0.25, 0.3) is 0 Å². The van der Waals surface area contributed by atoms with Crippen LogP contribution >= 0.6 is 0 Å². The molecule has 1 aromatic heterocycles. The normalized spacial score (nSPS) is 22.3. The molecule has 0 bridgehead atoms. The van der Waals surface area contributed by atoms with E-state index in [4.69, 9.17) is 10.2 Å². The third-order valence-corrected chi connectivity index (χ3v) is 3.14. The van der Waals surface area contributed by atoms with E-state index in [1.54, 1.807) is 0 Å². The summed E-state index contributed by atoms with van der Waals surface area (Å²) in [6, 6.07) is 2.58. The minimum atomic E-state index is -2.69. The van der Waals surface area contributed by atoms with Gasteiger partial charge in [-0.1, -0.05) is 0 Å². The lowest BCUT2D eigenvalue weighted by molar-refractivity contribution is -0.402. The van der Waals surface area contributed by atoms with Crippen LogP contribution in [0.2, 0.25) is 0 Å². The van der Waals surface area contributed by atoms with E-state index in [-0.39, 0.29) is 31.4 Å². The molecule has 0 aliphatic heterocycles. The summed E-state index contributed by atoms with van der Waals surface area (Å²) >= 11 is 0. The van der Waals surface area contributed by atoms with Crippen molar-refractivity contribution >= 4 is 5.88 Å². The van der Waals surface area contributed by atoms with Crippen molar-refractivity contribution in [2.75, 3.05) is 0 Å². The monoisotopic (exact) mass is 246 g/mol. The highest BCUT2D eigenvalue weighted by Crippen LogP contribution is 2.43. The molecule has 1 saturated carbocycles. The lowest BCUT2D eigenvalue weighted by Crippen LogP contribution is -2.43. The first kappa shape index (κ1) is 12.0. The molecule has 0 radical (unpaired) electrons. The number of rotatable bonds is 2. The van der Waals surface area contributed by atoms with Crippen molar-refractivity contribution in [3.05, 3.63) is 28.0 Å². The van der Waals surface area contributed by atoms with Crippen LogP contribution in [0, 0.1) is 10.1 Å². The van der Waals surface area contributed by atoms with E-state index in [2.05, 4.69) is 0 Å². The third kappa shape index (κ3) is 2.28. The minimum absolute atomic E-state index is 0.0602. The molecule has 1 aromatic rings. The molecule has 0 amide bonds. The lowest BCUT2D eigenvalue weighted by Gasteiger charge is -2.35. The molecule has 1 aliphatic carbocycles.